The monoisotopic (exact) mass is 199 g/mol. The van der Waals surface area contributed by atoms with Crippen molar-refractivity contribution in [3.05, 3.63) is 0 Å². The van der Waals surface area contributed by atoms with E-state index in [-0.39, 0.29) is 0 Å². The SMILES string of the molecule is CNC(COC)CC1CCCCCC1. The lowest BCUT2D eigenvalue weighted by Gasteiger charge is -2.21. The molecule has 2 heteroatoms. The maximum atomic E-state index is 5.21. The molecule has 1 rings (SSSR count). The lowest BCUT2D eigenvalue weighted by molar-refractivity contribution is 0.155. The summed E-state index contributed by atoms with van der Waals surface area (Å²) in [4.78, 5) is 0. The van der Waals surface area contributed by atoms with E-state index in [1.165, 1.54) is 44.9 Å². The van der Waals surface area contributed by atoms with E-state index >= 15 is 0 Å². The summed E-state index contributed by atoms with van der Waals surface area (Å²) in [5, 5.41) is 3.35. The summed E-state index contributed by atoms with van der Waals surface area (Å²) in [5.74, 6) is 0.935. The normalized spacial score (nSPS) is 21.9. The molecule has 14 heavy (non-hydrogen) atoms. The summed E-state index contributed by atoms with van der Waals surface area (Å²) in [6.07, 6.45) is 9.94. The molecule has 0 aromatic rings. The van der Waals surface area contributed by atoms with Crippen LogP contribution in [-0.4, -0.2) is 26.8 Å². The van der Waals surface area contributed by atoms with Gasteiger partial charge in [0.1, 0.15) is 0 Å². The smallest absolute Gasteiger partial charge is 0.0615 e. The molecular weight excluding hydrogens is 174 g/mol. The maximum absolute atomic E-state index is 5.21. The van der Waals surface area contributed by atoms with Gasteiger partial charge in [0.25, 0.3) is 0 Å². The first kappa shape index (κ1) is 12.0. The van der Waals surface area contributed by atoms with E-state index in [0.717, 1.165) is 12.5 Å². The Morgan fingerprint density at radius 2 is 1.86 bits per heavy atom. The van der Waals surface area contributed by atoms with Gasteiger partial charge in [-0.05, 0) is 19.4 Å². The number of ether oxygens (including phenoxy) is 1. The number of likely N-dealkylation sites (N-methyl/N-ethyl adjacent to an activating group) is 1. The zero-order valence-corrected chi connectivity index (χ0v) is 9.72. The second-order valence-electron chi connectivity index (χ2n) is 4.53. The first-order valence-corrected chi connectivity index (χ1v) is 6.03. The van der Waals surface area contributed by atoms with Gasteiger partial charge in [-0.3, -0.25) is 0 Å². The molecule has 1 unspecified atom stereocenters. The van der Waals surface area contributed by atoms with Crippen molar-refractivity contribution in [3.8, 4) is 0 Å². The van der Waals surface area contributed by atoms with Gasteiger partial charge in [-0.15, -0.1) is 0 Å². The highest BCUT2D eigenvalue weighted by Gasteiger charge is 2.16. The summed E-state index contributed by atoms with van der Waals surface area (Å²) in [6, 6.07) is 0.558. The highest BCUT2D eigenvalue weighted by molar-refractivity contribution is 4.72. The summed E-state index contributed by atoms with van der Waals surface area (Å²) in [7, 11) is 3.83. The highest BCUT2D eigenvalue weighted by Crippen LogP contribution is 2.26. The van der Waals surface area contributed by atoms with Crippen LogP contribution < -0.4 is 5.32 Å². The third-order valence-corrected chi connectivity index (χ3v) is 3.37. The Bertz CT molecular complexity index is 130. The van der Waals surface area contributed by atoms with Gasteiger partial charge in [-0.2, -0.15) is 0 Å². The molecule has 0 aliphatic heterocycles. The molecule has 1 fully saturated rings. The van der Waals surface area contributed by atoms with Crippen LogP contribution in [0, 0.1) is 5.92 Å². The van der Waals surface area contributed by atoms with Crippen molar-refractivity contribution in [2.24, 2.45) is 5.92 Å². The minimum Gasteiger partial charge on any atom is -0.383 e. The predicted molar refractivity (Wildman–Crippen MR) is 60.5 cm³/mol. The van der Waals surface area contributed by atoms with Gasteiger partial charge in [0.15, 0.2) is 0 Å². The third-order valence-electron chi connectivity index (χ3n) is 3.37. The van der Waals surface area contributed by atoms with Crippen molar-refractivity contribution in [2.75, 3.05) is 20.8 Å². The Kier molecular flexibility index (Phi) is 6.20. The number of hydrogen-bond donors (Lipinski definition) is 1. The maximum Gasteiger partial charge on any atom is 0.0615 e. The number of hydrogen-bond acceptors (Lipinski definition) is 2. The van der Waals surface area contributed by atoms with Crippen LogP contribution in [-0.2, 0) is 4.74 Å². The average molecular weight is 199 g/mol. The van der Waals surface area contributed by atoms with Crippen molar-refractivity contribution >= 4 is 0 Å². The molecule has 1 N–H and O–H groups in total. The standard InChI is InChI=1S/C12H25NO/c1-13-12(10-14-2)9-11-7-5-3-4-6-8-11/h11-13H,3-10H2,1-2H3. The highest BCUT2D eigenvalue weighted by atomic mass is 16.5. The third kappa shape index (κ3) is 4.43. The van der Waals surface area contributed by atoms with Crippen LogP contribution in [0.5, 0.6) is 0 Å². The second kappa shape index (κ2) is 7.24. The lowest BCUT2D eigenvalue weighted by Crippen LogP contribution is -2.32. The first-order valence-electron chi connectivity index (χ1n) is 6.03. The second-order valence-corrected chi connectivity index (χ2v) is 4.53. The van der Waals surface area contributed by atoms with Gasteiger partial charge >= 0.3 is 0 Å². The lowest BCUT2D eigenvalue weighted by atomic mass is 9.93. The van der Waals surface area contributed by atoms with Crippen molar-refractivity contribution in [3.63, 3.8) is 0 Å². The molecule has 0 amide bonds. The Balaban J connectivity index is 2.24. The van der Waals surface area contributed by atoms with Crippen molar-refractivity contribution in [1.29, 1.82) is 0 Å². The number of rotatable bonds is 5. The Morgan fingerprint density at radius 3 is 2.36 bits per heavy atom. The minimum atomic E-state index is 0.558. The Labute approximate surface area is 88.4 Å². The van der Waals surface area contributed by atoms with Crippen LogP contribution in [0.15, 0.2) is 0 Å². The zero-order valence-electron chi connectivity index (χ0n) is 9.72. The molecule has 1 saturated carbocycles. The fourth-order valence-electron chi connectivity index (χ4n) is 2.47. The fourth-order valence-corrected chi connectivity index (χ4v) is 2.47. The van der Waals surface area contributed by atoms with Crippen molar-refractivity contribution < 1.29 is 4.74 Å². The number of methoxy groups -OCH3 is 1. The van der Waals surface area contributed by atoms with Gasteiger partial charge in [-0.25, -0.2) is 0 Å². The minimum absolute atomic E-state index is 0.558. The molecular formula is C12H25NO. The van der Waals surface area contributed by atoms with E-state index in [1.54, 1.807) is 7.11 Å². The predicted octanol–water partition coefficient (Wildman–Crippen LogP) is 2.58. The van der Waals surface area contributed by atoms with E-state index in [2.05, 4.69) is 5.32 Å². The number of nitrogens with one attached hydrogen (secondary N) is 1. The molecule has 1 aliphatic rings. The summed E-state index contributed by atoms with van der Waals surface area (Å²) >= 11 is 0. The van der Waals surface area contributed by atoms with Crippen LogP contribution in [0.2, 0.25) is 0 Å². The summed E-state index contributed by atoms with van der Waals surface area (Å²) < 4.78 is 5.21. The van der Waals surface area contributed by atoms with Gasteiger partial charge in [0.2, 0.25) is 0 Å². The largest absolute Gasteiger partial charge is 0.383 e. The molecule has 84 valence electrons. The van der Waals surface area contributed by atoms with Gasteiger partial charge in [0, 0.05) is 13.2 Å². The zero-order chi connectivity index (χ0) is 10.2. The molecule has 0 radical (unpaired) electrons. The molecule has 0 spiro atoms. The van der Waals surface area contributed by atoms with Crippen LogP contribution in [0.1, 0.15) is 44.9 Å². The first-order chi connectivity index (χ1) is 6.86. The molecule has 0 aromatic carbocycles. The van der Waals surface area contributed by atoms with E-state index in [1.807, 2.05) is 7.05 Å². The van der Waals surface area contributed by atoms with E-state index in [0.29, 0.717) is 6.04 Å². The van der Waals surface area contributed by atoms with Crippen molar-refractivity contribution in [2.45, 2.75) is 51.0 Å². The average Bonchev–Trinajstić information content (AvgIpc) is 2.45. The van der Waals surface area contributed by atoms with Crippen LogP contribution >= 0.6 is 0 Å². The Morgan fingerprint density at radius 1 is 1.21 bits per heavy atom. The van der Waals surface area contributed by atoms with Crippen LogP contribution in [0.3, 0.4) is 0 Å². The molecule has 0 aromatic heterocycles. The molecule has 2 nitrogen and oxygen atoms in total. The molecule has 0 heterocycles. The topological polar surface area (TPSA) is 21.3 Å². The fraction of sp³-hybridized carbons (Fsp3) is 1.00. The Hall–Kier alpha value is -0.0800. The quantitative estimate of drug-likeness (QED) is 0.687. The summed E-state index contributed by atoms with van der Waals surface area (Å²) in [6.45, 7) is 0.854. The van der Waals surface area contributed by atoms with Gasteiger partial charge in [0.05, 0.1) is 6.61 Å². The van der Waals surface area contributed by atoms with E-state index < -0.39 is 0 Å². The molecule has 0 bridgehead atoms. The molecule has 1 aliphatic carbocycles. The summed E-state index contributed by atoms with van der Waals surface area (Å²) in [5.41, 5.74) is 0. The van der Waals surface area contributed by atoms with Gasteiger partial charge in [-0.1, -0.05) is 38.5 Å². The van der Waals surface area contributed by atoms with E-state index in [4.69, 9.17) is 4.74 Å². The van der Waals surface area contributed by atoms with Gasteiger partial charge < -0.3 is 10.1 Å². The molecule has 0 saturated heterocycles. The molecule has 1 atom stereocenters. The van der Waals surface area contributed by atoms with Crippen LogP contribution in [0.4, 0.5) is 0 Å². The van der Waals surface area contributed by atoms with E-state index in [9.17, 15) is 0 Å². The van der Waals surface area contributed by atoms with Crippen molar-refractivity contribution in [1.82, 2.24) is 5.32 Å². The van der Waals surface area contributed by atoms with Crippen LogP contribution in [0.25, 0.3) is 0 Å².